The van der Waals surface area contributed by atoms with Gasteiger partial charge in [0.15, 0.2) is 0 Å². The summed E-state index contributed by atoms with van der Waals surface area (Å²) in [5.74, 6) is 1.43. The first-order valence-corrected chi connectivity index (χ1v) is 10.8. The average Bonchev–Trinajstić information content (AvgIpc) is 3.17. The van der Waals surface area contributed by atoms with E-state index in [2.05, 4.69) is 59.3 Å². The molecule has 3 aromatic rings. The van der Waals surface area contributed by atoms with E-state index in [1.807, 2.05) is 18.4 Å². The number of anilines is 1. The van der Waals surface area contributed by atoms with Gasteiger partial charge < -0.3 is 19.3 Å². The second-order valence-corrected chi connectivity index (χ2v) is 8.84. The summed E-state index contributed by atoms with van der Waals surface area (Å²) in [6.45, 7) is 5.38. The minimum atomic E-state index is 0.388. The Morgan fingerprint density at radius 1 is 1.11 bits per heavy atom. The van der Waals surface area contributed by atoms with E-state index in [4.69, 9.17) is 9.47 Å². The molecule has 0 N–H and O–H groups in total. The zero-order valence-corrected chi connectivity index (χ0v) is 17.3. The van der Waals surface area contributed by atoms with Crippen molar-refractivity contribution in [1.29, 1.82) is 0 Å². The molecule has 0 radical (unpaired) electrons. The number of fused-ring (bicyclic) bond motifs is 2. The summed E-state index contributed by atoms with van der Waals surface area (Å²) >= 11 is 1.92. The lowest BCUT2D eigenvalue weighted by Gasteiger charge is -2.36. The monoisotopic (exact) mass is 394 g/mol. The molecule has 0 saturated carbocycles. The summed E-state index contributed by atoms with van der Waals surface area (Å²) in [4.78, 5) is 6.25. The normalized spacial score (nSPS) is 20.4. The first kappa shape index (κ1) is 18.0. The fraction of sp³-hybridized carbons (Fsp3) is 0.391. The van der Waals surface area contributed by atoms with Crippen LogP contribution in [0.25, 0.3) is 10.1 Å². The van der Waals surface area contributed by atoms with Gasteiger partial charge in [-0.3, -0.25) is 0 Å². The Hall–Kier alpha value is -2.08. The maximum Gasteiger partial charge on any atom is 0.146 e. The lowest BCUT2D eigenvalue weighted by molar-refractivity contribution is 0.122. The van der Waals surface area contributed by atoms with Crippen LogP contribution in [-0.4, -0.2) is 51.9 Å². The molecule has 1 atom stereocenters. The molecule has 4 nitrogen and oxygen atoms in total. The molecule has 3 heterocycles. The van der Waals surface area contributed by atoms with Crippen LogP contribution >= 0.6 is 11.3 Å². The van der Waals surface area contributed by atoms with Gasteiger partial charge in [0.2, 0.25) is 0 Å². The number of hydrogen-bond donors (Lipinski definition) is 0. The lowest BCUT2D eigenvalue weighted by Crippen LogP contribution is -2.37. The Labute approximate surface area is 170 Å². The average molecular weight is 395 g/mol. The number of ether oxygens (including phenoxy) is 2. The second-order valence-electron chi connectivity index (χ2n) is 7.72. The van der Waals surface area contributed by atoms with Gasteiger partial charge in [-0.2, -0.15) is 0 Å². The molecule has 1 aromatic heterocycles. The third kappa shape index (κ3) is 3.08. The van der Waals surface area contributed by atoms with Crippen LogP contribution in [0.2, 0.25) is 0 Å². The van der Waals surface area contributed by atoms with Crippen LogP contribution in [0.15, 0.2) is 42.5 Å². The highest BCUT2D eigenvalue weighted by Crippen LogP contribution is 2.44. The van der Waals surface area contributed by atoms with Gasteiger partial charge >= 0.3 is 0 Å². The van der Waals surface area contributed by atoms with Crippen molar-refractivity contribution in [2.24, 2.45) is 0 Å². The summed E-state index contributed by atoms with van der Waals surface area (Å²) in [7, 11) is 4.02. The number of likely N-dealkylation sites (N-methyl/N-ethyl adjacent to an activating group) is 1. The maximum absolute atomic E-state index is 5.98. The van der Waals surface area contributed by atoms with Crippen LogP contribution in [0.5, 0.6) is 5.75 Å². The first-order chi connectivity index (χ1) is 13.7. The Bertz CT molecular complexity index is 960. The molecule has 1 fully saturated rings. The van der Waals surface area contributed by atoms with Crippen LogP contribution < -0.4 is 9.64 Å². The molecule has 5 heteroatoms. The summed E-state index contributed by atoms with van der Waals surface area (Å²) in [6.07, 6.45) is 0. The standard InChI is InChI=1S/C23H26N2O2S/c1-24-14-18(22-13-16-5-3-4-6-21(16)28-22)17-7-8-20(23(26-2)19(17)15-24)25-9-11-27-12-10-25/h3-8,13,18H,9-12,14-15H2,1-2H3. The summed E-state index contributed by atoms with van der Waals surface area (Å²) < 4.78 is 12.9. The van der Waals surface area contributed by atoms with E-state index in [-0.39, 0.29) is 0 Å². The highest BCUT2D eigenvalue weighted by Gasteiger charge is 2.30. The number of hydrogen-bond acceptors (Lipinski definition) is 5. The molecule has 0 amide bonds. The SMILES string of the molecule is COc1c(N2CCOCC2)ccc2c1CN(C)CC2c1cc2ccccc2s1. The number of nitrogens with zero attached hydrogens (tertiary/aromatic N) is 2. The van der Waals surface area contributed by atoms with Gasteiger partial charge in [0, 0.05) is 47.2 Å². The second kappa shape index (κ2) is 7.39. The Kier molecular flexibility index (Phi) is 4.75. The molecule has 146 valence electrons. The molecular weight excluding hydrogens is 368 g/mol. The molecule has 1 unspecified atom stereocenters. The smallest absolute Gasteiger partial charge is 0.146 e. The quantitative estimate of drug-likeness (QED) is 0.660. The van der Waals surface area contributed by atoms with Crippen molar-refractivity contribution in [3.63, 3.8) is 0 Å². The number of methoxy groups -OCH3 is 1. The van der Waals surface area contributed by atoms with Crippen LogP contribution in [0.4, 0.5) is 5.69 Å². The molecule has 28 heavy (non-hydrogen) atoms. The van der Waals surface area contributed by atoms with Gasteiger partial charge in [-0.1, -0.05) is 24.3 Å². The summed E-state index contributed by atoms with van der Waals surface area (Å²) in [5.41, 5.74) is 3.95. The minimum absolute atomic E-state index is 0.388. The van der Waals surface area contributed by atoms with Gasteiger partial charge in [-0.25, -0.2) is 0 Å². The molecule has 2 aliphatic heterocycles. The zero-order chi connectivity index (χ0) is 19.1. The van der Waals surface area contributed by atoms with Crippen molar-refractivity contribution in [3.05, 3.63) is 58.5 Å². The largest absolute Gasteiger partial charge is 0.494 e. The van der Waals surface area contributed by atoms with E-state index in [9.17, 15) is 0 Å². The van der Waals surface area contributed by atoms with Crippen molar-refractivity contribution >= 4 is 27.1 Å². The van der Waals surface area contributed by atoms with E-state index in [1.54, 1.807) is 0 Å². The molecule has 2 aliphatic rings. The molecule has 5 rings (SSSR count). The number of morpholine rings is 1. The highest BCUT2D eigenvalue weighted by atomic mass is 32.1. The van der Waals surface area contributed by atoms with E-state index < -0.39 is 0 Å². The van der Waals surface area contributed by atoms with Crippen molar-refractivity contribution < 1.29 is 9.47 Å². The lowest BCUT2D eigenvalue weighted by atomic mass is 9.87. The molecule has 1 saturated heterocycles. The zero-order valence-electron chi connectivity index (χ0n) is 16.5. The number of rotatable bonds is 3. The van der Waals surface area contributed by atoms with Gasteiger partial charge in [0.05, 0.1) is 26.0 Å². The first-order valence-electron chi connectivity index (χ1n) is 9.94. The van der Waals surface area contributed by atoms with Crippen molar-refractivity contribution in [2.45, 2.75) is 12.5 Å². The fourth-order valence-corrected chi connectivity index (χ4v) is 5.74. The van der Waals surface area contributed by atoms with E-state index >= 15 is 0 Å². The third-order valence-electron chi connectivity index (χ3n) is 5.92. The maximum atomic E-state index is 5.98. The van der Waals surface area contributed by atoms with Gasteiger partial charge in [0.1, 0.15) is 5.75 Å². The molecule has 0 aliphatic carbocycles. The predicted molar refractivity (Wildman–Crippen MR) is 116 cm³/mol. The van der Waals surface area contributed by atoms with Crippen molar-refractivity contribution in [2.75, 3.05) is 51.9 Å². The minimum Gasteiger partial charge on any atom is -0.494 e. The fourth-order valence-electron chi connectivity index (χ4n) is 4.56. The summed E-state index contributed by atoms with van der Waals surface area (Å²) in [5, 5.41) is 1.34. The van der Waals surface area contributed by atoms with Crippen molar-refractivity contribution in [3.8, 4) is 5.75 Å². The highest BCUT2D eigenvalue weighted by molar-refractivity contribution is 7.19. The number of benzene rings is 2. The predicted octanol–water partition coefficient (Wildman–Crippen LogP) is 4.32. The van der Waals surface area contributed by atoms with E-state index in [0.717, 1.165) is 45.1 Å². The topological polar surface area (TPSA) is 24.9 Å². The van der Waals surface area contributed by atoms with Crippen LogP contribution in [0.3, 0.4) is 0 Å². The van der Waals surface area contributed by atoms with Gasteiger partial charge in [-0.05, 0) is 36.2 Å². The number of thiophene rings is 1. The molecule has 2 aromatic carbocycles. The van der Waals surface area contributed by atoms with Crippen LogP contribution in [-0.2, 0) is 11.3 Å². The molecule has 0 bridgehead atoms. The van der Waals surface area contributed by atoms with Gasteiger partial charge in [0.25, 0.3) is 0 Å². The molecular formula is C23H26N2O2S. The summed E-state index contributed by atoms with van der Waals surface area (Å²) in [6, 6.07) is 15.7. The molecule has 0 spiro atoms. The van der Waals surface area contributed by atoms with Crippen LogP contribution in [0, 0.1) is 0 Å². The van der Waals surface area contributed by atoms with E-state index in [0.29, 0.717) is 5.92 Å². The van der Waals surface area contributed by atoms with E-state index in [1.165, 1.54) is 31.8 Å². The third-order valence-corrected chi connectivity index (χ3v) is 7.15. The van der Waals surface area contributed by atoms with Gasteiger partial charge in [-0.15, -0.1) is 11.3 Å². The Morgan fingerprint density at radius 2 is 1.93 bits per heavy atom. The van der Waals surface area contributed by atoms with Crippen LogP contribution in [0.1, 0.15) is 21.9 Å². The Morgan fingerprint density at radius 3 is 2.71 bits per heavy atom. The Balaban J connectivity index is 1.60. The van der Waals surface area contributed by atoms with Crippen molar-refractivity contribution in [1.82, 2.24) is 4.90 Å².